The Labute approximate surface area is 109 Å². The van der Waals surface area contributed by atoms with Gasteiger partial charge >= 0.3 is 7.12 Å². The van der Waals surface area contributed by atoms with Crippen LogP contribution in [0.1, 0.15) is 32.8 Å². The monoisotopic (exact) mass is 248 g/mol. The van der Waals surface area contributed by atoms with Gasteiger partial charge in [0, 0.05) is 18.6 Å². The highest BCUT2D eigenvalue weighted by Crippen LogP contribution is 2.22. The molecule has 0 atom stereocenters. The second kappa shape index (κ2) is 5.33. The summed E-state index contributed by atoms with van der Waals surface area (Å²) in [6.45, 7) is 7.75. The first-order valence-corrected chi connectivity index (χ1v) is 6.57. The smallest absolute Gasteiger partial charge is 0.493 e. The number of benzene rings is 1. The van der Waals surface area contributed by atoms with E-state index in [0.29, 0.717) is 19.0 Å². The molecule has 3 nitrogen and oxygen atoms in total. The SMILES string of the molecule is CCCc1cc(B2OCC(C)(C)CO2)ccc1O. The Kier molecular flexibility index (Phi) is 3.98. The molecule has 0 amide bonds. The van der Waals surface area contributed by atoms with Crippen molar-refractivity contribution in [2.45, 2.75) is 33.6 Å². The van der Waals surface area contributed by atoms with Gasteiger partial charge in [-0.3, -0.25) is 0 Å². The lowest BCUT2D eigenvalue weighted by Crippen LogP contribution is -2.47. The minimum atomic E-state index is -0.297. The number of phenols is 1. The number of phenolic OH excluding ortho intramolecular Hbond substituents is 1. The van der Waals surface area contributed by atoms with Crippen molar-refractivity contribution in [2.24, 2.45) is 5.41 Å². The average molecular weight is 248 g/mol. The summed E-state index contributed by atoms with van der Waals surface area (Å²) in [5.41, 5.74) is 2.04. The van der Waals surface area contributed by atoms with Crippen LogP contribution in [0.2, 0.25) is 0 Å². The Bertz CT molecular complexity index is 408. The van der Waals surface area contributed by atoms with Crippen LogP contribution in [0.3, 0.4) is 0 Å². The molecule has 0 unspecified atom stereocenters. The van der Waals surface area contributed by atoms with Crippen molar-refractivity contribution in [1.29, 1.82) is 0 Å². The van der Waals surface area contributed by atoms with Gasteiger partial charge in [0.05, 0.1) is 0 Å². The lowest BCUT2D eigenvalue weighted by molar-refractivity contribution is 0.0343. The van der Waals surface area contributed by atoms with Crippen molar-refractivity contribution < 1.29 is 14.4 Å². The highest BCUT2D eigenvalue weighted by Gasteiger charge is 2.33. The summed E-state index contributed by atoms with van der Waals surface area (Å²) in [4.78, 5) is 0. The van der Waals surface area contributed by atoms with Crippen LogP contribution >= 0.6 is 0 Å². The van der Waals surface area contributed by atoms with Gasteiger partial charge in [0.15, 0.2) is 0 Å². The fraction of sp³-hybridized carbons (Fsp3) is 0.571. The van der Waals surface area contributed by atoms with Crippen LogP contribution in [0.15, 0.2) is 18.2 Å². The number of aromatic hydroxyl groups is 1. The summed E-state index contributed by atoms with van der Waals surface area (Å²) in [5.74, 6) is 0.358. The molecule has 1 heterocycles. The molecule has 1 N–H and O–H groups in total. The minimum absolute atomic E-state index is 0.0830. The Morgan fingerprint density at radius 1 is 1.28 bits per heavy atom. The molecule has 0 bridgehead atoms. The van der Waals surface area contributed by atoms with E-state index >= 15 is 0 Å². The van der Waals surface area contributed by atoms with Gasteiger partial charge in [0.2, 0.25) is 0 Å². The third-order valence-electron chi connectivity index (χ3n) is 3.15. The van der Waals surface area contributed by atoms with E-state index in [2.05, 4.69) is 20.8 Å². The van der Waals surface area contributed by atoms with Crippen LogP contribution in [0.4, 0.5) is 0 Å². The maximum absolute atomic E-state index is 9.77. The molecule has 1 aliphatic rings. The van der Waals surface area contributed by atoms with Crippen molar-refractivity contribution in [3.63, 3.8) is 0 Å². The molecule has 1 aromatic carbocycles. The summed E-state index contributed by atoms with van der Waals surface area (Å²) >= 11 is 0. The van der Waals surface area contributed by atoms with Crippen LogP contribution in [0.5, 0.6) is 5.75 Å². The fourth-order valence-electron chi connectivity index (χ4n) is 2.11. The van der Waals surface area contributed by atoms with Gasteiger partial charge in [-0.05, 0) is 23.5 Å². The summed E-state index contributed by atoms with van der Waals surface area (Å²) in [5, 5.41) is 9.77. The van der Waals surface area contributed by atoms with Gasteiger partial charge in [0.1, 0.15) is 5.75 Å². The van der Waals surface area contributed by atoms with E-state index in [1.165, 1.54) is 0 Å². The van der Waals surface area contributed by atoms with Crippen LogP contribution in [-0.2, 0) is 15.7 Å². The molecular formula is C14H21BO3. The van der Waals surface area contributed by atoms with E-state index in [0.717, 1.165) is 23.9 Å². The third-order valence-corrected chi connectivity index (χ3v) is 3.15. The Morgan fingerprint density at radius 2 is 1.94 bits per heavy atom. The second-order valence-electron chi connectivity index (χ2n) is 5.76. The molecule has 18 heavy (non-hydrogen) atoms. The van der Waals surface area contributed by atoms with E-state index in [9.17, 15) is 5.11 Å². The van der Waals surface area contributed by atoms with Crippen LogP contribution in [-0.4, -0.2) is 25.4 Å². The van der Waals surface area contributed by atoms with E-state index in [-0.39, 0.29) is 12.5 Å². The lowest BCUT2D eigenvalue weighted by Gasteiger charge is -2.33. The molecule has 0 saturated carbocycles. The van der Waals surface area contributed by atoms with Gasteiger partial charge in [-0.25, -0.2) is 0 Å². The molecule has 1 fully saturated rings. The van der Waals surface area contributed by atoms with Crippen molar-refractivity contribution in [2.75, 3.05) is 13.2 Å². The Morgan fingerprint density at radius 3 is 2.56 bits per heavy atom. The third kappa shape index (κ3) is 3.06. The summed E-state index contributed by atoms with van der Waals surface area (Å²) in [6.07, 6.45) is 1.88. The predicted octanol–water partition coefficient (Wildman–Crippen LogP) is 2.11. The maximum atomic E-state index is 9.77. The molecule has 0 radical (unpaired) electrons. The molecule has 1 saturated heterocycles. The van der Waals surface area contributed by atoms with Gasteiger partial charge in [-0.2, -0.15) is 0 Å². The summed E-state index contributed by atoms with van der Waals surface area (Å²) in [6, 6.07) is 5.59. The highest BCUT2D eigenvalue weighted by atomic mass is 16.6. The van der Waals surface area contributed by atoms with Crippen LogP contribution < -0.4 is 5.46 Å². The fourth-order valence-corrected chi connectivity index (χ4v) is 2.11. The quantitative estimate of drug-likeness (QED) is 0.832. The molecule has 0 aromatic heterocycles. The Balaban J connectivity index is 2.12. The van der Waals surface area contributed by atoms with Crippen LogP contribution in [0, 0.1) is 5.41 Å². The molecule has 1 aliphatic heterocycles. The maximum Gasteiger partial charge on any atom is 0.493 e. The topological polar surface area (TPSA) is 38.7 Å². The number of aryl methyl sites for hydroxylation is 1. The molecule has 0 aliphatic carbocycles. The van der Waals surface area contributed by atoms with E-state index in [1.807, 2.05) is 12.1 Å². The van der Waals surface area contributed by atoms with Crippen molar-refractivity contribution in [3.05, 3.63) is 23.8 Å². The molecule has 4 heteroatoms. The zero-order valence-corrected chi connectivity index (χ0v) is 11.4. The average Bonchev–Trinajstić information content (AvgIpc) is 2.32. The van der Waals surface area contributed by atoms with Gasteiger partial charge in [-0.15, -0.1) is 0 Å². The minimum Gasteiger partial charge on any atom is -0.508 e. The zero-order valence-electron chi connectivity index (χ0n) is 11.4. The summed E-state index contributed by atoms with van der Waals surface area (Å²) < 4.78 is 11.5. The highest BCUT2D eigenvalue weighted by molar-refractivity contribution is 6.61. The first-order valence-electron chi connectivity index (χ1n) is 6.57. The molecule has 1 aromatic rings. The van der Waals surface area contributed by atoms with Gasteiger partial charge < -0.3 is 14.4 Å². The van der Waals surface area contributed by atoms with E-state index in [1.54, 1.807) is 6.07 Å². The first kappa shape index (κ1) is 13.4. The number of hydrogen-bond donors (Lipinski definition) is 1. The normalized spacial score (nSPS) is 18.9. The first-order chi connectivity index (χ1) is 8.52. The van der Waals surface area contributed by atoms with Crippen molar-refractivity contribution >= 4 is 12.6 Å². The molecule has 0 spiro atoms. The van der Waals surface area contributed by atoms with E-state index < -0.39 is 0 Å². The second-order valence-corrected chi connectivity index (χ2v) is 5.76. The number of hydrogen-bond acceptors (Lipinski definition) is 3. The largest absolute Gasteiger partial charge is 0.508 e. The van der Waals surface area contributed by atoms with Crippen LogP contribution in [0.25, 0.3) is 0 Å². The van der Waals surface area contributed by atoms with Gasteiger partial charge in [0.25, 0.3) is 0 Å². The van der Waals surface area contributed by atoms with Crippen molar-refractivity contribution in [3.8, 4) is 5.75 Å². The predicted molar refractivity (Wildman–Crippen MR) is 73.2 cm³/mol. The van der Waals surface area contributed by atoms with Crippen molar-refractivity contribution in [1.82, 2.24) is 0 Å². The molecular weight excluding hydrogens is 227 g/mol. The summed E-state index contributed by atoms with van der Waals surface area (Å²) in [7, 11) is -0.297. The van der Waals surface area contributed by atoms with Gasteiger partial charge in [-0.1, -0.05) is 39.3 Å². The Hall–Kier alpha value is -0.995. The zero-order chi connectivity index (χ0) is 13.2. The van der Waals surface area contributed by atoms with E-state index in [4.69, 9.17) is 9.31 Å². The standard InChI is InChI=1S/C14H21BO3/c1-4-5-11-8-12(6-7-13(11)16)15-17-9-14(2,3)10-18-15/h6-8,16H,4-5,9-10H2,1-3H3. The molecule has 98 valence electrons. The molecule has 2 rings (SSSR count). The lowest BCUT2D eigenvalue weighted by atomic mass is 9.75. The number of rotatable bonds is 3.